The zero-order valence-corrected chi connectivity index (χ0v) is 26.6. The number of pyridine rings is 1. The number of rotatable bonds is 11. The molecule has 5 rings (SSSR count). The van der Waals surface area contributed by atoms with E-state index in [-0.39, 0.29) is 34.0 Å². The summed E-state index contributed by atoms with van der Waals surface area (Å²) in [7, 11) is -0.185. The number of aryl methyl sites for hydroxylation is 1. The predicted octanol–water partition coefficient (Wildman–Crippen LogP) is 4.84. The van der Waals surface area contributed by atoms with Crippen molar-refractivity contribution in [1.29, 1.82) is 0 Å². The molecule has 0 radical (unpaired) electrons. The third-order valence-corrected chi connectivity index (χ3v) is 10.2. The summed E-state index contributed by atoms with van der Waals surface area (Å²) in [4.78, 5) is 23.7. The SMILES string of the molecule is Cc1cc(-n2ccnc2)c2cccc(OCc3c(Cl)ccc(S(=O)(=O)N4CCCC4C(=O)NCCCN(C)C)c3Cl)c2n1. The third-order valence-electron chi connectivity index (χ3n) is 7.39. The highest BCUT2D eigenvalue weighted by molar-refractivity contribution is 7.89. The lowest BCUT2D eigenvalue weighted by Crippen LogP contribution is -2.46. The van der Waals surface area contributed by atoms with E-state index in [1.807, 2.05) is 54.9 Å². The number of para-hydroxylation sites is 1. The largest absolute Gasteiger partial charge is 0.487 e. The molecule has 0 spiro atoms. The first-order valence-electron chi connectivity index (χ1n) is 14.0. The molecule has 1 unspecified atom stereocenters. The molecule has 1 aliphatic rings. The lowest BCUT2D eigenvalue weighted by molar-refractivity contribution is -0.124. The van der Waals surface area contributed by atoms with E-state index in [9.17, 15) is 13.2 Å². The Morgan fingerprint density at radius 1 is 1.21 bits per heavy atom. The van der Waals surface area contributed by atoms with Gasteiger partial charge in [0.2, 0.25) is 15.9 Å². The number of sulfonamides is 1. The minimum Gasteiger partial charge on any atom is -0.487 e. The van der Waals surface area contributed by atoms with E-state index in [1.165, 1.54) is 16.4 Å². The summed E-state index contributed by atoms with van der Waals surface area (Å²) in [5.41, 5.74) is 2.65. The summed E-state index contributed by atoms with van der Waals surface area (Å²) in [5.74, 6) is 0.191. The van der Waals surface area contributed by atoms with Crippen LogP contribution in [0.3, 0.4) is 0 Å². The molecule has 2 aromatic heterocycles. The van der Waals surface area contributed by atoms with Gasteiger partial charge in [-0.2, -0.15) is 4.31 Å². The van der Waals surface area contributed by atoms with E-state index in [0.717, 1.165) is 29.7 Å². The van der Waals surface area contributed by atoms with Crippen molar-refractivity contribution in [2.24, 2.45) is 0 Å². The summed E-state index contributed by atoms with van der Waals surface area (Å²) < 4.78 is 37.0. The maximum atomic E-state index is 13.8. The molecule has 1 fully saturated rings. The number of fused-ring (bicyclic) bond motifs is 1. The Kier molecular flexibility index (Phi) is 9.57. The number of nitrogens with one attached hydrogen (secondary N) is 1. The van der Waals surface area contributed by atoms with Crippen LogP contribution in [-0.2, 0) is 21.4 Å². The Morgan fingerprint density at radius 3 is 2.77 bits per heavy atom. The molecule has 1 aliphatic heterocycles. The highest BCUT2D eigenvalue weighted by Crippen LogP contribution is 2.37. The summed E-state index contributed by atoms with van der Waals surface area (Å²) in [5, 5.41) is 3.97. The molecule has 228 valence electrons. The maximum absolute atomic E-state index is 13.8. The van der Waals surface area contributed by atoms with Gasteiger partial charge in [0.15, 0.2) is 0 Å². The van der Waals surface area contributed by atoms with Crippen molar-refractivity contribution in [3.63, 3.8) is 0 Å². The standard InChI is InChI=1S/C30H34Cl2N6O4S/c1-20-17-25(37-16-13-33-19-37)21-7-4-9-26(29(21)35-20)42-18-22-23(31)10-11-27(28(22)32)43(40,41)38-15-5-8-24(38)30(39)34-12-6-14-36(2)3/h4,7,9-11,13,16-17,19,24H,5-6,8,12,14-15,18H2,1-3H3,(H,34,39). The van der Waals surface area contributed by atoms with Crippen LogP contribution in [0.4, 0.5) is 0 Å². The summed E-state index contributed by atoms with van der Waals surface area (Å²) in [6, 6.07) is 9.64. The van der Waals surface area contributed by atoms with Crippen LogP contribution in [0.25, 0.3) is 16.6 Å². The minimum absolute atomic E-state index is 0.0342. The number of aromatic nitrogens is 3. The summed E-state index contributed by atoms with van der Waals surface area (Å²) >= 11 is 13.3. The number of imidazole rings is 1. The zero-order valence-electron chi connectivity index (χ0n) is 24.3. The van der Waals surface area contributed by atoms with E-state index < -0.39 is 16.1 Å². The van der Waals surface area contributed by atoms with Crippen LogP contribution in [0, 0.1) is 6.92 Å². The number of benzene rings is 2. The van der Waals surface area contributed by atoms with Gasteiger partial charge in [-0.25, -0.2) is 18.4 Å². The lowest BCUT2D eigenvalue weighted by atomic mass is 10.1. The average Bonchev–Trinajstić information content (AvgIpc) is 3.68. The van der Waals surface area contributed by atoms with Crippen LogP contribution >= 0.6 is 23.2 Å². The van der Waals surface area contributed by atoms with Gasteiger partial charge in [-0.05, 0) is 71.1 Å². The number of carbonyl (C=O) groups is 1. The molecule has 4 aromatic rings. The molecule has 0 bridgehead atoms. The summed E-state index contributed by atoms with van der Waals surface area (Å²) in [6.07, 6.45) is 7.05. The Hall–Kier alpha value is -3.22. The third kappa shape index (κ3) is 6.66. The molecule has 0 aliphatic carbocycles. The molecule has 1 atom stereocenters. The van der Waals surface area contributed by atoms with Gasteiger partial charge in [0.25, 0.3) is 0 Å². The van der Waals surface area contributed by atoms with Gasteiger partial charge in [0.1, 0.15) is 28.8 Å². The van der Waals surface area contributed by atoms with Crippen LogP contribution in [0.2, 0.25) is 10.0 Å². The van der Waals surface area contributed by atoms with Crippen LogP contribution in [0.1, 0.15) is 30.5 Å². The van der Waals surface area contributed by atoms with Gasteiger partial charge in [0, 0.05) is 47.1 Å². The Balaban J connectivity index is 1.39. The molecular formula is C30H34Cl2N6O4S. The highest BCUT2D eigenvalue weighted by atomic mass is 35.5. The first-order chi connectivity index (χ1) is 20.6. The second-order valence-electron chi connectivity index (χ2n) is 10.8. The van der Waals surface area contributed by atoms with Crippen molar-refractivity contribution >= 4 is 50.0 Å². The molecule has 13 heteroatoms. The minimum atomic E-state index is -4.10. The Morgan fingerprint density at radius 2 is 2.02 bits per heavy atom. The number of hydrogen-bond donors (Lipinski definition) is 1. The maximum Gasteiger partial charge on any atom is 0.245 e. The lowest BCUT2D eigenvalue weighted by Gasteiger charge is -2.24. The van der Waals surface area contributed by atoms with E-state index in [0.29, 0.717) is 36.2 Å². The smallest absolute Gasteiger partial charge is 0.245 e. The summed E-state index contributed by atoms with van der Waals surface area (Å²) in [6.45, 7) is 3.32. The Labute approximate surface area is 261 Å². The van der Waals surface area contributed by atoms with Crippen molar-refractivity contribution in [3.8, 4) is 11.4 Å². The molecule has 1 saturated heterocycles. The molecule has 10 nitrogen and oxygen atoms in total. The van der Waals surface area contributed by atoms with Gasteiger partial charge in [0.05, 0.1) is 17.0 Å². The molecule has 2 aromatic carbocycles. The van der Waals surface area contributed by atoms with Crippen LogP contribution in [0.5, 0.6) is 5.75 Å². The quantitative estimate of drug-likeness (QED) is 0.233. The van der Waals surface area contributed by atoms with E-state index in [4.69, 9.17) is 32.9 Å². The van der Waals surface area contributed by atoms with E-state index in [1.54, 1.807) is 18.6 Å². The second-order valence-corrected chi connectivity index (χ2v) is 13.4. The van der Waals surface area contributed by atoms with Gasteiger partial charge in [-0.1, -0.05) is 35.3 Å². The topological polar surface area (TPSA) is 110 Å². The van der Waals surface area contributed by atoms with E-state index in [2.05, 4.69) is 10.3 Å². The van der Waals surface area contributed by atoms with Gasteiger partial charge in [-0.15, -0.1) is 0 Å². The molecule has 1 N–H and O–H groups in total. The number of ether oxygens (including phenoxy) is 1. The van der Waals surface area contributed by atoms with Crippen molar-refractivity contribution < 1.29 is 17.9 Å². The van der Waals surface area contributed by atoms with Crippen molar-refractivity contribution in [2.45, 2.75) is 43.7 Å². The Bertz CT molecular complexity index is 1730. The molecular weight excluding hydrogens is 611 g/mol. The number of halogens is 2. The highest BCUT2D eigenvalue weighted by Gasteiger charge is 2.40. The van der Waals surface area contributed by atoms with Crippen LogP contribution < -0.4 is 10.1 Å². The van der Waals surface area contributed by atoms with Crippen LogP contribution in [0.15, 0.2) is 60.0 Å². The average molecular weight is 646 g/mol. The van der Waals surface area contributed by atoms with Crippen molar-refractivity contribution in [1.82, 2.24) is 29.1 Å². The van der Waals surface area contributed by atoms with Crippen LogP contribution in [-0.4, -0.2) is 77.8 Å². The fourth-order valence-corrected chi connectivity index (χ4v) is 7.78. The molecule has 0 saturated carbocycles. The monoisotopic (exact) mass is 644 g/mol. The second kappa shape index (κ2) is 13.2. The normalized spacial score (nSPS) is 15.8. The number of carbonyl (C=O) groups excluding carboxylic acids is 1. The first-order valence-corrected chi connectivity index (χ1v) is 16.2. The van der Waals surface area contributed by atoms with Gasteiger partial charge < -0.3 is 19.5 Å². The van der Waals surface area contributed by atoms with Crippen molar-refractivity contribution in [2.75, 3.05) is 33.7 Å². The number of nitrogens with zero attached hydrogens (tertiary/aromatic N) is 5. The fourth-order valence-electron chi connectivity index (χ4n) is 5.26. The first kappa shape index (κ1) is 31.2. The fraction of sp³-hybridized carbons (Fsp3) is 0.367. The molecule has 43 heavy (non-hydrogen) atoms. The van der Waals surface area contributed by atoms with Gasteiger partial charge in [-0.3, -0.25) is 4.79 Å². The number of hydrogen-bond acceptors (Lipinski definition) is 7. The zero-order chi connectivity index (χ0) is 30.7. The van der Waals surface area contributed by atoms with Gasteiger partial charge >= 0.3 is 0 Å². The predicted molar refractivity (Wildman–Crippen MR) is 167 cm³/mol. The number of amides is 1. The van der Waals surface area contributed by atoms with Crippen molar-refractivity contribution in [3.05, 3.63) is 76.4 Å². The van der Waals surface area contributed by atoms with E-state index >= 15 is 0 Å². The molecule has 3 heterocycles. The molecule has 1 amide bonds.